The van der Waals surface area contributed by atoms with Crippen LogP contribution in [0.1, 0.15) is 37.2 Å². The molecule has 1 N–H and O–H groups in total. The number of hydrogen-bond acceptors (Lipinski definition) is 7. The van der Waals surface area contributed by atoms with Gasteiger partial charge in [0.25, 0.3) is 5.91 Å². The first-order chi connectivity index (χ1) is 14.0. The summed E-state index contributed by atoms with van der Waals surface area (Å²) in [4.78, 5) is 14.7. The van der Waals surface area contributed by atoms with Crippen molar-refractivity contribution in [3.8, 4) is 5.75 Å². The van der Waals surface area contributed by atoms with Crippen molar-refractivity contribution in [1.82, 2.24) is 10.2 Å². The molecule has 29 heavy (non-hydrogen) atoms. The molecule has 0 bridgehead atoms. The van der Waals surface area contributed by atoms with Crippen molar-refractivity contribution in [2.24, 2.45) is 0 Å². The topological polar surface area (TPSA) is 85.8 Å². The number of piperidine rings is 1. The van der Waals surface area contributed by atoms with Crippen LogP contribution in [0.4, 0.5) is 11.5 Å². The molecule has 0 aliphatic carbocycles. The fourth-order valence-electron chi connectivity index (χ4n) is 3.59. The Morgan fingerprint density at radius 1 is 1.10 bits per heavy atom. The predicted molar refractivity (Wildman–Crippen MR) is 108 cm³/mol. The number of benzene rings is 1. The highest BCUT2D eigenvalue weighted by Crippen LogP contribution is 2.32. The summed E-state index contributed by atoms with van der Waals surface area (Å²) in [5.74, 6) is 0.626. The summed E-state index contributed by atoms with van der Waals surface area (Å²) in [6.07, 6.45) is 1.60. The lowest BCUT2D eigenvalue weighted by atomic mass is 10.0. The number of para-hydroxylation sites is 2. The number of nitrogens with one attached hydrogen (secondary N) is 1. The van der Waals surface area contributed by atoms with Crippen molar-refractivity contribution < 1.29 is 19.0 Å². The van der Waals surface area contributed by atoms with Gasteiger partial charge in [-0.1, -0.05) is 12.1 Å². The average Bonchev–Trinajstić information content (AvgIpc) is 3.18. The molecule has 4 rings (SSSR count). The van der Waals surface area contributed by atoms with Gasteiger partial charge in [0.15, 0.2) is 17.3 Å². The molecule has 8 nitrogen and oxygen atoms in total. The van der Waals surface area contributed by atoms with E-state index in [0.29, 0.717) is 24.7 Å². The van der Waals surface area contributed by atoms with Crippen molar-refractivity contribution in [1.29, 1.82) is 0 Å². The van der Waals surface area contributed by atoms with E-state index in [1.165, 1.54) is 0 Å². The van der Waals surface area contributed by atoms with E-state index >= 15 is 0 Å². The van der Waals surface area contributed by atoms with Gasteiger partial charge in [-0.3, -0.25) is 4.79 Å². The van der Waals surface area contributed by atoms with Gasteiger partial charge < -0.3 is 24.4 Å². The third-order valence-corrected chi connectivity index (χ3v) is 5.04. The standard InChI is InChI=1S/C21H26N4O4/c1-15(2)29-18-6-4-3-5-16(18)22-20(26)17-7-8-19(24-23-17)25-11-9-21(10-12-25)27-13-14-28-21/h3-8,15H,9-14H2,1-2H3,(H,22,26). The number of anilines is 2. The van der Waals surface area contributed by atoms with Gasteiger partial charge in [-0.2, -0.15) is 0 Å². The second kappa shape index (κ2) is 8.34. The molecule has 2 aliphatic heterocycles. The first-order valence-corrected chi connectivity index (χ1v) is 9.98. The van der Waals surface area contributed by atoms with Crippen LogP contribution in [0.2, 0.25) is 0 Å². The van der Waals surface area contributed by atoms with Crippen LogP contribution in [0, 0.1) is 0 Å². The zero-order chi connectivity index (χ0) is 20.3. The summed E-state index contributed by atoms with van der Waals surface area (Å²) >= 11 is 0. The SMILES string of the molecule is CC(C)Oc1ccccc1NC(=O)c1ccc(N2CCC3(CC2)OCCO3)nn1. The third kappa shape index (κ3) is 4.49. The first kappa shape index (κ1) is 19.6. The van der Waals surface area contributed by atoms with Crippen LogP contribution in [-0.2, 0) is 9.47 Å². The molecule has 1 amide bonds. The maximum absolute atomic E-state index is 12.6. The Bertz CT molecular complexity index is 840. The third-order valence-electron chi connectivity index (χ3n) is 5.04. The highest BCUT2D eigenvalue weighted by atomic mass is 16.7. The Kier molecular flexibility index (Phi) is 5.64. The predicted octanol–water partition coefficient (Wildman–Crippen LogP) is 2.86. The smallest absolute Gasteiger partial charge is 0.276 e. The fourth-order valence-corrected chi connectivity index (χ4v) is 3.59. The van der Waals surface area contributed by atoms with Gasteiger partial charge in [0.1, 0.15) is 5.75 Å². The summed E-state index contributed by atoms with van der Waals surface area (Å²) in [6, 6.07) is 10.9. The Labute approximate surface area is 170 Å². The Hall–Kier alpha value is -2.71. The summed E-state index contributed by atoms with van der Waals surface area (Å²) in [7, 11) is 0. The Balaban J connectivity index is 1.39. The number of hydrogen-bond donors (Lipinski definition) is 1. The minimum absolute atomic E-state index is 0.0100. The molecule has 2 fully saturated rings. The van der Waals surface area contributed by atoms with E-state index < -0.39 is 5.79 Å². The molecule has 0 unspecified atom stereocenters. The van der Waals surface area contributed by atoms with Crippen molar-refractivity contribution >= 4 is 17.4 Å². The molecule has 0 radical (unpaired) electrons. The molecule has 0 atom stereocenters. The maximum atomic E-state index is 12.6. The van der Waals surface area contributed by atoms with E-state index in [4.69, 9.17) is 14.2 Å². The van der Waals surface area contributed by atoms with Crippen LogP contribution in [0.25, 0.3) is 0 Å². The average molecular weight is 398 g/mol. The van der Waals surface area contributed by atoms with E-state index in [0.717, 1.165) is 31.7 Å². The largest absolute Gasteiger partial charge is 0.489 e. The van der Waals surface area contributed by atoms with Crippen LogP contribution in [-0.4, -0.2) is 54.3 Å². The quantitative estimate of drug-likeness (QED) is 0.829. The number of carbonyl (C=O) groups excluding carboxylic acids is 1. The number of nitrogens with zero attached hydrogens (tertiary/aromatic N) is 3. The van der Waals surface area contributed by atoms with E-state index in [-0.39, 0.29) is 17.7 Å². The summed E-state index contributed by atoms with van der Waals surface area (Å²) < 4.78 is 17.3. The zero-order valence-corrected chi connectivity index (χ0v) is 16.8. The Morgan fingerprint density at radius 2 is 1.83 bits per heavy atom. The van der Waals surface area contributed by atoms with Gasteiger partial charge in [-0.25, -0.2) is 0 Å². The van der Waals surface area contributed by atoms with Crippen LogP contribution in [0.3, 0.4) is 0 Å². The minimum Gasteiger partial charge on any atom is -0.489 e. The number of carbonyl (C=O) groups is 1. The summed E-state index contributed by atoms with van der Waals surface area (Å²) in [6.45, 7) is 6.76. The van der Waals surface area contributed by atoms with Gasteiger partial charge in [0, 0.05) is 25.9 Å². The van der Waals surface area contributed by atoms with Gasteiger partial charge in [-0.05, 0) is 38.1 Å². The zero-order valence-electron chi connectivity index (χ0n) is 16.8. The Morgan fingerprint density at radius 3 is 2.48 bits per heavy atom. The van der Waals surface area contributed by atoms with E-state index in [1.54, 1.807) is 12.1 Å². The molecule has 1 aromatic heterocycles. The molecule has 1 spiro atoms. The molecular weight excluding hydrogens is 372 g/mol. The van der Waals surface area contributed by atoms with E-state index in [2.05, 4.69) is 20.4 Å². The lowest BCUT2D eigenvalue weighted by Crippen LogP contribution is -2.45. The maximum Gasteiger partial charge on any atom is 0.276 e. The molecule has 2 aromatic rings. The molecule has 3 heterocycles. The highest BCUT2D eigenvalue weighted by molar-refractivity contribution is 6.03. The van der Waals surface area contributed by atoms with E-state index in [1.807, 2.05) is 38.1 Å². The van der Waals surface area contributed by atoms with Gasteiger partial charge in [-0.15, -0.1) is 10.2 Å². The van der Waals surface area contributed by atoms with Crippen molar-refractivity contribution in [2.45, 2.75) is 38.6 Å². The van der Waals surface area contributed by atoms with Crippen LogP contribution in [0.15, 0.2) is 36.4 Å². The molecule has 2 saturated heterocycles. The molecule has 8 heteroatoms. The second-order valence-electron chi connectivity index (χ2n) is 7.49. The van der Waals surface area contributed by atoms with Crippen molar-refractivity contribution in [3.05, 3.63) is 42.1 Å². The second-order valence-corrected chi connectivity index (χ2v) is 7.49. The van der Waals surface area contributed by atoms with Crippen molar-refractivity contribution in [2.75, 3.05) is 36.5 Å². The first-order valence-electron chi connectivity index (χ1n) is 9.98. The lowest BCUT2D eigenvalue weighted by molar-refractivity contribution is -0.169. The molecule has 0 saturated carbocycles. The number of rotatable bonds is 5. The monoisotopic (exact) mass is 398 g/mol. The van der Waals surface area contributed by atoms with Crippen LogP contribution < -0.4 is 15.0 Å². The minimum atomic E-state index is -0.421. The van der Waals surface area contributed by atoms with Gasteiger partial charge in [0.2, 0.25) is 0 Å². The molecular formula is C21H26N4O4. The normalized spacial score (nSPS) is 18.2. The molecule has 1 aromatic carbocycles. The number of aromatic nitrogens is 2. The van der Waals surface area contributed by atoms with E-state index in [9.17, 15) is 4.79 Å². The van der Waals surface area contributed by atoms with Crippen LogP contribution >= 0.6 is 0 Å². The molecule has 2 aliphatic rings. The lowest BCUT2D eigenvalue weighted by Gasteiger charge is -2.37. The van der Waals surface area contributed by atoms with Crippen molar-refractivity contribution in [3.63, 3.8) is 0 Å². The fraction of sp³-hybridized carbons (Fsp3) is 0.476. The highest BCUT2D eigenvalue weighted by Gasteiger charge is 2.40. The summed E-state index contributed by atoms with van der Waals surface area (Å²) in [5, 5.41) is 11.2. The van der Waals surface area contributed by atoms with Gasteiger partial charge in [0.05, 0.1) is 25.0 Å². The van der Waals surface area contributed by atoms with Gasteiger partial charge >= 0.3 is 0 Å². The van der Waals surface area contributed by atoms with Crippen LogP contribution in [0.5, 0.6) is 5.75 Å². The molecule has 154 valence electrons. The number of amides is 1. The number of ether oxygens (including phenoxy) is 3. The summed E-state index contributed by atoms with van der Waals surface area (Å²) in [5.41, 5.74) is 0.860.